The molecule has 1 fully saturated rings. The number of benzene rings is 2. The summed E-state index contributed by atoms with van der Waals surface area (Å²) < 4.78 is 0. The van der Waals surface area contributed by atoms with Crippen molar-refractivity contribution in [3.8, 4) is 0 Å². The minimum absolute atomic E-state index is 0.258. The van der Waals surface area contributed by atoms with E-state index in [1.165, 1.54) is 0 Å². The molecule has 1 atom stereocenters. The predicted octanol–water partition coefficient (Wildman–Crippen LogP) is 3.98. The first-order chi connectivity index (χ1) is 13.1. The number of guanidine groups is 2. The Morgan fingerprint density at radius 2 is 1.52 bits per heavy atom. The summed E-state index contributed by atoms with van der Waals surface area (Å²) in [5.41, 5.74) is 7.88. The Balaban J connectivity index is 1.71. The van der Waals surface area contributed by atoms with Gasteiger partial charge in [-0.25, -0.2) is 4.99 Å². The van der Waals surface area contributed by atoms with Gasteiger partial charge in [-0.3, -0.25) is 4.90 Å². The number of nitrogens with zero attached hydrogens (tertiary/aromatic N) is 4. The maximum atomic E-state index is 6.08. The van der Waals surface area contributed by atoms with Gasteiger partial charge in [0.2, 0.25) is 18.2 Å². The number of nitrogens with one attached hydrogen (secondary N) is 1. The van der Waals surface area contributed by atoms with E-state index in [4.69, 9.17) is 28.9 Å². The summed E-state index contributed by atoms with van der Waals surface area (Å²) in [4.78, 5) is 13.4. The van der Waals surface area contributed by atoms with Crippen molar-refractivity contribution in [2.24, 2.45) is 15.7 Å². The third-order valence-corrected chi connectivity index (χ3v) is 5.07. The lowest BCUT2D eigenvalue weighted by atomic mass is 10.2. The van der Waals surface area contributed by atoms with Crippen molar-refractivity contribution in [2.75, 3.05) is 23.3 Å². The van der Waals surface area contributed by atoms with Crippen LogP contribution in [0, 0.1) is 0 Å². The quantitative estimate of drug-likeness (QED) is 0.814. The molecular formula is C19H20Cl2N6. The minimum Gasteiger partial charge on any atom is -0.368 e. The second-order valence-corrected chi connectivity index (χ2v) is 7.34. The molecule has 2 aromatic rings. The molecule has 0 bridgehead atoms. The Labute approximate surface area is 168 Å². The number of nitrogens with two attached hydrogens (primary N) is 1. The van der Waals surface area contributed by atoms with E-state index >= 15 is 0 Å². The third-order valence-electron chi connectivity index (χ3n) is 4.56. The minimum atomic E-state index is -0.430. The molecule has 2 aliphatic heterocycles. The molecule has 0 spiro atoms. The van der Waals surface area contributed by atoms with Gasteiger partial charge < -0.3 is 16.0 Å². The van der Waals surface area contributed by atoms with E-state index in [2.05, 4.69) is 20.2 Å². The lowest BCUT2D eigenvalue weighted by Gasteiger charge is -2.38. The van der Waals surface area contributed by atoms with Gasteiger partial charge >= 0.3 is 0 Å². The van der Waals surface area contributed by atoms with E-state index in [0.29, 0.717) is 10.0 Å². The largest absolute Gasteiger partial charge is 0.368 e. The fourth-order valence-corrected chi connectivity index (χ4v) is 3.52. The molecular weight excluding hydrogens is 383 g/mol. The third kappa shape index (κ3) is 3.96. The topological polar surface area (TPSA) is 69.2 Å². The summed E-state index contributed by atoms with van der Waals surface area (Å²) in [6, 6.07) is 15.1. The second kappa shape index (κ2) is 7.66. The molecule has 2 aliphatic rings. The van der Waals surface area contributed by atoms with E-state index in [9.17, 15) is 0 Å². The highest BCUT2D eigenvalue weighted by molar-refractivity contribution is 6.31. The fraction of sp³-hybridized carbons (Fsp3) is 0.263. The van der Waals surface area contributed by atoms with Crippen molar-refractivity contribution < 1.29 is 0 Å². The van der Waals surface area contributed by atoms with Crippen LogP contribution in [0.3, 0.4) is 0 Å². The van der Waals surface area contributed by atoms with Gasteiger partial charge in [0.1, 0.15) is 0 Å². The first-order valence-electron chi connectivity index (χ1n) is 8.84. The van der Waals surface area contributed by atoms with Gasteiger partial charge in [0.05, 0.1) is 0 Å². The van der Waals surface area contributed by atoms with Crippen LogP contribution in [0.1, 0.15) is 12.8 Å². The predicted molar refractivity (Wildman–Crippen MR) is 113 cm³/mol. The van der Waals surface area contributed by atoms with Crippen molar-refractivity contribution in [1.82, 2.24) is 4.90 Å². The molecule has 3 N–H and O–H groups in total. The van der Waals surface area contributed by atoms with E-state index in [1.54, 1.807) is 0 Å². The summed E-state index contributed by atoms with van der Waals surface area (Å²) in [6.45, 7) is 1.90. The lowest BCUT2D eigenvalue weighted by molar-refractivity contribution is 0.497. The van der Waals surface area contributed by atoms with Crippen LogP contribution in [0.5, 0.6) is 0 Å². The van der Waals surface area contributed by atoms with E-state index < -0.39 is 6.29 Å². The van der Waals surface area contributed by atoms with Crippen molar-refractivity contribution in [1.29, 1.82) is 0 Å². The van der Waals surface area contributed by atoms with Crippen LogP contribution < -0.4 is 16.0 Å². The molecule has 140 valence electrons. The summed E-state index contributed by atoms with van der Waals surface area (Å²) in [6.07, 6.45) is 1.85. The smallest absolute Gasteiger partial charge is 0.222 e. The number of halogens is 2. The Hall–Kier alpha value is -2.44. The molecule has 0 saturated carbocycles. The molecule has 1 saturated heterocycles. The first kappa shape index (κ1) is 17.9. The highest BCUT2D eigenvalue weighted by Crippen LogP contribution is 2.27. The average Bonchev–Trinajstić information content (AvgIpc) is 3.19. The SMILES string of the molecule is NC1=NC(Nc2ccc(Cl)cc2)N(c2ccc(Cl)cc2)C(N2CCCC2)=N1. The zero-order valence-electron chi connectivity index (χ0n) is 14.6. The van der Waals surface area contributed by atoms with Crippen LogP contribution in [-0.2, 0) is 0 Å². The molecule has 2 heterocycles. The first-order valence-corrected chi connectivity index (χ1v) is 9.59. The van der Waals surface area contributed by atoms with Gasteiger partial charge in [-0.2, -0.15) is 4.99 Å². The zero-order chi connectivity index (χ0) is 18.8. The van der Waals surface area contributed by atoms with Crippen molar-refractivity contribution in [3.63, 3.8) is 0 Å². The average molecular weight is 403 g/mol. The highest BCUT2D eigenvalue weighted by atomic mass is 35.5. The summed E-state index contributed by atoms with van der Waals surface area (Å²) >= 11 is 12.1. The number of likely N-dealkylation sites (tertiary alicyclic amines) is 1. The Kier molecular flexibility index (Phi) is 5.09. The fourth-order valence-electron chi connectivity index (χ4n) is 3.27. The summed E-state index contributed by atoms with van der Waals surface area (Å²) in [7, 11) is 0. The van der Waals surface area contributed by atoms with Crippen molar-refractivity contribution in [3.05, 3.63) is 58.6 Å². The highest BCUT2D eigenvalue weighted by Gasteiger charge is 2.32. The second-order valence-electron chi connectivity index (χ2n) is 6.46. The standard InChI is InChI=1S/C19H20Cl2N6/c20-13-3-7-15(8-4-13)23-18-24-17(22)25-19(26-11-1-2-12-26)27(18)16-9-5-14(21)6-10-16/h3-10,18,23H,1-2,11-12H2,(H2,22,24). The Morgan fingerprint density at radius 1 is 0.926 bits per heavy atom. The maximum Gasteiger partial charge on any atom is 0.222 e. The molecule has 6 nitrogen and oxygen atoms in total. The van der Waals surface area contributed by atoms with Crippen LogP contribution >= 0.6 is 23.2 Å². The molecule has 2 aromatic carbocycles. The normalized spacial score (nSPS) is 19.7. The number of hydrogen-bond acceptors (Lipinski definition) is 6. The number of rotatable bonds is 3. The Bertz CT molecular complexity index is 857. The number of aliphatic imine (C=N–C) groups is 2. The van der Waals surface area contributed by atoms with E-state index in [0.717, 1.165) is 43.3 Å². The van der Waals surface area contributed by atoms with Crippen molar-refractivity contribution in [2.45, 2.75) is 19.1 Å². The molecule has 0 aliphatic carbocycles. The van der Waals surface area contributed by atoms with Crippen LogP contribution in [0.4, 0.5) is 11.4 Å². The molecule has 0 amide bonds. The molecule has 27 heavy (non-hydrogen) atoms. The van der Waals surface area contributed by atoms with Crippen molar-refractivity contribution >= 4 is 46.5 Å². The summed E-state index contributed by atoms with van der Waals surface area (Å²) in [5.74, 6) is 1.06. The lowest BCUT2D eigenvalue weighted by Crippen LogP contribution is -2.54. The van der Waals surface area contributed by atoms with Crippen LogP contribution in [0.25, 0.3) is 0 Å². The number of anilines is 2. The monoisotopic (exact) mass is 402 g/mol. The molecule has 0 radical (unpaired) electrons. The van der Waals surface area contributed by atoms with E-state index in [1.807, 2.05) is 53.4 Å². The van der Waals surface area contributed by atoms with Gasteiger partial charge in [-0.1, -0.05) is 23.2 Å². The van der Waals surface area contributed by atoms with E-state index in [-0.39, 0.29) is 5.96 Å². The molecule has 8 heteroatoms. The zero-order valence-corrected chi connectivity index (χ0v) is 16.2. The maximum absolute atomic E-state index is 6.08. The molecule has 4 rings (SSSR count). The van der Waals surface area contributed by atoms with Gasteiger partial charge in [0.15, 0.2) is 0 Å². The van der Waals surface area contributed by atoms with Gasteiger partial charge in [0, 0.05) is 34.5 Å². The van der Waals surface area contributed by atoms with Crippen LogP contribution in [0.2, 0.25) is 10.0 Å². The molecule has 1 unspecified atom stereocenters. The van der Waals surface area contributed by atoms with Crippen LogP contribution in [0.15, 0.2) is 58.5 Å². The number of hydrogen-bond donors (Lipinski definition) is 2. The summed E-state index contributed by atoms with van der Waals surface area (Å²) in [5, 5.41) is 4.78. The van der Waals surface area contributed by atoms with Gasteiger partial charge in [0.25, 0.3) is 0 Å². The van der Waals surface area contributed by atoms with Gasteiger partial charge in [-0.15, -0.1) is 0 Å². The van der Waals surface area contributed by atoms with Crippen LogP contribution in [-0.4, -0.2) is 36.2 Å². The Morgan fingerprint density at radius 3 is 2.15 bits per heavy atom. The molecule has 0 aromatic heterocycles. The van der Waals surface area contributed by atoms with Gasteiger partial charge in [-0.05, 0) is 61.4 Å².